The van der Waals surface area contributed by atoms with Gasteiger partial charge in [-0.25, -0.2) is 10.4 Å². The van der Waals surface area contributed by atoms with Crippen LogP contribution < -0.4 is 5.43 Å². The Morgan fingerprint density at radius 1 is 1.47 bits per heavy atom. The molecule has 0 unspecified atom stereocenters. The third-order valence-corrected chi connectivity index (χ3v) is 3.31. The van der Waals surface area contributed by atoms with Crippen LogP contribution in [0.2, 0.25) is 0 Å². The Labute approximate surface area is 115 Å². The largest absolute Gasteiger partial charge is 0.431 e. The van der Waals surface area contributed by atoms with Crippen LogP contribution >= 0.6 is 11.8 Å². The summed E-state index contributed by atoms with van der Waals surface area (Å²) in [5.74, 6) is 0.0629. The number of thioether (sulfide) groups is 1. The number of aromatic nitrogens is 1. The summed E-state index contributed by atoms with van der Waals surface area (Å²) in [7, 11) is 0. The first-order valence-electron chi connectivity index (χ1n) is 5.99. The molecule has 1 aromatic carbocycles. The van der Waals surface area contributed by atoms with Crippen LogP contribution in [0.25, 0.3) is 11.1 Å². The second-order valence-corrected chi connectivity index (χ2v) is 4.90. The number of amides is 1. The summed E-state index contributed by atoms with van der Waals surface area (Å²) in [6.45, 7) is 3.85. The quantitative estimate of drug-likeness (QED) is 0.518. The molecule has 0 fully saturated rings. The number of rotatable bonds is 5. The van der Waals surface area contributed by atoms with Gasteiger partial charge in [0.1, 0.15) is 5.52 Å². The monoisotopic (exact) mass is 277 g/mol. The first-order valence-corrected chi connectivity index (χ1v) is 6.98. The molecule has 0 saturated carbocycles. The molecule has 1 aromatic heterocycles. The molecule has 0 atom stereocenters. The van der Waals surface area contributed by atoms with Gasteiger partial charge in [-0.3, -0.25) is 4.79 Å². The van der Waals surface area contributed by atoms with Crippen molar-refractivity contribution in [1.82, 2.24) is 10.4 Å². The lowest BCUT2D eigenvalue weighted by Crippen LogP contribution is -2.20. The molecular formula is C13H15N3O2S. The summed E-state index contributed by atoms with van der Waals surface area (Å²) in [4.78, 5) is 15.8. The fourth-order valence-electron chi connectivity index (χ4n) is 1.31. The number of hydrogen-bond acceptors (Lipinski definition) is 5. The molecule has 1 heterocycles. The Morgan fingerprint density at radius 3 is 3.00 bits per heavy atom. The van der Waals surface area contributed by atoms with Gasteiger partial charge >= 0.3 is 0 Å². The number of fused-ring (bicyclic) bond motifs is 1. The van der Waals surface area contributed by atoms with Gasteiger partial charge in [-0.2, -0.15) is 5.10 Å². The van der Waals surface area contributed by atoms with Gasteiger partial charge in [0.2, 0.25) is 0 Å². The summed E-state index contributed by atoms with van der Waals surface area (Å²) in [5, 5.41) is 4.44. The van der Waals surface area contributed by atoms with Crippen LogP contribution in [-0.2, 0) is 4.79 Å². The summed E-state index contributed by atoms with van der Waals surface area (Å²) < 4.78 is 5.50. The van der Waals surface area contributed by atoms with Gasteiger partial charge < -0.3 is 4.42 Å². The normalized spacial score (nSPS) is 11.8. The van der Waals surface area contributed by atoms with E-state index in [0.717, 1.165) is 23.2 Å². The van der Waals surface area contributed by atoms with E-state index in [1.165, 1.54) is 11.8 Å². The number of hydrazone groups is 1. The average molecular weight is 277 g/mol. The minimum atomic E-state index is -0.167. The Kier molecular flexibility index (Phi) is 4.57. The molecule has 1 amide bonds. The van der Waals surface area contributed by atoms with Crippen molar-refractivity contribution in [3.63, 3.8) is 0 Å². The van der Waals surface area contributed by atoms with Gasteiger partial charge in [0, 0.05) is 5.71 Å². The van der Waals surface area contributed by atoms with Crippen molar-refractivity contribution < 1.29 is 9.21 Å². The maximum atomic E-state index is 11.5. The Morgan fingerprint density at radius 2 is 2.26 bits per heavy atom. The van der Waals surface area contributed by atoms with Crippen molar-refractivity contribution in [2.75, 3.05) is 5.75 Å². The zero-order valence-corrected chi connectivity index (χ0v) is 11.7. The summed E-state index contributed by atoms with van der Waals surface area (Å²) in [5.41, 5.74) is 4.91. The highest BCUT2D eigenvalue weighted by molar-refractivity contribution is 7.99. The topological polar surface area (TPSA) is 67.5 Å². The second kappa shape index (κ2) is 6.38. The number of oxazole rings is 1. The maximum absolute atomic E-state index is 11.5. The molecule has 0 bridgehead atoms. The molecule has 0 aliphatic carbocycles. The van der Waals surface area contributed by atoms with Gasteiger partial charge in [-0.1, -0.05) is 30.8 Å². The zero-order chi connectivity index (χ0) is 13.7. The number of para-hydroxylation sites is 2. The van der Waals surface area contributed by atoms with E-state index in [1.54, 1.807) is 0 Å². The Balaban J connectivity index is 1.90. The molecule has 1 N–H and O–H groups in total. The van der Waals surface area contributed by atoms with Crippen LogP contribution in [0.15, 0.2) is 39.0 Å². The number of benzene rings is 1. The molecule has 0 radical (unpaired) electrons. The highest BCUT2D eigenvalue weighted by Crippen LogP contribution is 2.22. The van der Waals surface area contributed by atoms with Crippen molar-refractivity contribution in [3.8, 4) is 0 Å². The lowest BCUT2D eigenvalue weighted by atomic mass is 10.3. The van der Waals surface area contributed by atoms with Crippen LogP contribution in [0.5, 0.6) is 0 Å². The molecule has 2 aromatic rings. The highest BCUT2D eigenvalue weighted by atomic mass is 32.2. The third kappa shape index (κ3) is 3.82. The molecule has 19 heavy (non-hydrogen) atoms. The standard InChI is InChI=1S/C13H15N3O2S/c1-3-9(2)15-16-12(17)8-19-13-14-10-6-4-5-7-11(10)18-13/h4-7H,3,8H2,1-2H3,(H,16,17). The minimum Gasteiger partial charge on any atom is -0.431 e. The fraction of sp³-hybridized carbons (Fsp3) is 0.308. The van der Waals surface area contributed by atoms with Crippen LogP contribution in [0, 0.1) is 0 Å². The third-order valence-electron chi connectivity index (χ3n) is 2.48. The minimum absolute atomic E-state index is 0.167. The predicted molar refractivity (Wildman–Crippen MR) is 76.3 cm³/mol. The first kappa shape index (κ1) is 13.6. The molecule has 0 saturated heterocycles. The molecule has 0 aliphatic rings. The van der Waals surface area contributed by atoms with Crippen molar-refractivity contribution in [3.05, 3.63) is 24.3 Å². The van der Waals surface area contributed by atoms with Crippen LogP contribution in [0.1, 0.15) is 20.3 Å². The highest BCUT2D eigenvalue weighted by Gasteiger charge is 2.08. The number of carbonyl (C=O) groups excluding carboxylic acids is 1. The van der Waals surface area contributed by atoms with Gasteiger partial charge in [0.15, 0.2) is 5.58 Å². The molecule has 100 valence electrons. The lowest BCUT2D eigenvalue weighted by Gasteiger charge is -1.98. The maximum Gasteiger partial charge on any atom is 0.257 e. The lowest BCUT2D eigenvalue weighted by molar-refractivity contribution is -0.118. The predicted octanol–water partition coefficient (Wildman–Crippen LogP) is 2.82. The first-order chi connectivity index (χ1) is 9.19. The number of carbonyl (C=O) groups is 1. The molecule has 6 heteroatoms. The Bertz CT molecular complexity index is 574. The van der Waals surface area contributed by atoms with Crippen molar-refractivity contribution in [1.29, 1.82) is 0 Å². The van der Waals surface area contributed by atoms with E-state index in [0.29, 0.717) is 5.22 Å². The molecule has 2 rings (SSSR count). The van der Waals surface area contributed by atoms with E-state index in [4.69, 9.17) is 4.42 Å². The van der Waals surface area contributed by atoms with Gasteiger partial charge in [0.25, 0.3) is 11.1 Å². The van der Waals surface area contributed by atoms with Crippen LogP contribution in [0.4, 0.5) is 0 Å². The number of nitrogens with one attached hydrogen (secondary N) is 1. The number of hydrogen-bond donors (Lipinski definition) is 1. The van der Waals surface area contributed by atoms with E-state index >= 15 is 0 Å². The van der Waals surface area contributed by atoms with Gasteiger partial charge in [-0.15, -0.1) is 0 Å². The summed E-state index contributed by atoms with van der Waals surface area (Å²) in [6.07, 6.45) is 0.818. The van der Waals surface area contributed by atoms with Crippen LogP contribution in [0.3, 0.4) is 0 Å². The number of nitrogens with zero attached hydrogens (tertiary/aromatic N) is 2. The smallest absolute Gasteiger partial charge is 0.257 e. The van der Waals surface area contributed by atoms with E-state index < -0.39 is 0 Å². The molecule has 0 aliphatic heterocycles. The second-order valence-electron chi connectivity index (χ2n) is 3.97. The SMILES string of the molecule is CCC(C)=NNC(=O)CSc1nc2ccccc2o1. The summed E-state index contributed by atoms with van der Waals surface area (Å²) >= 11 is 1.25. The van der Waals surface area contributed by atoms with E-state index in [9.17, 15) is 4.79 Å². The van der Waals surface area contributed by atoms with Crippen molar-refractivity contribution in [2.24, 2.45) is 5.10 Å². The molecule has 5 nitrogen and oxygen atoms in total. The molecule has 0 spiro atoms. The van der Waals surface area contributed by atoms with Gasteiger partial charge in [-0.05, 0) is 25.5 Å². The molecular weight excluding hydrogens is 262 g/mol. The van der Waals surface area contributed by atoms with E-state index in [-0.39, 0.29) is 11.7 Å². The van der Waals surface area contributed by atoms with E-state index in [2.05, 4.69) is 15.5 Å². The average Bonchev–Trinajstić information content (AvgIpc) is 2.85. The van der Waals surface area contributed by atoms with Crippen LogP contribution in [-0.4, -0.2) is 22.4 Å². The van der Waals surface area contributed by atoms with E-state index in [1.807, 2.05) is 38.1 Å². The fourth-order valence-corrected chi connectivity index (χ4v) is 1.94. The summed E-state index contributed by atoms with van der Waals surface area (Å²) in [6, 6.07) is 7.50. The van der Waals surface area contributed by atoms with Gasteiger partial charge in [0.05, 0.1) is 5.75 Å². The van der Waals surface area contributed by atoms with Crippen molar-refractivity contribution >= 4 is 34.5 Å². The Hall–Kier alpha value is -1.82. The van der Waals surface area contributed by atoms with Crippen molar-refractivity contribution in [2.45, 2.75) is 25.5 Å². The zero-order valence-electron chi connectivity index (χ0n) is 10.8.